The molecule has 4 fully saturated rings. The summed E-state index contributed by atoms with van der Waals surface area (Å²) in [5.74, 6) is -1.53. The molecule has 0 radical (unpaired) electrons. The molecule has 7 nitrogen and oxygen atoms in total. The van der Waals surface area contributed by atoms with Crippen LogP contribution in [-0.2, 0) is 33.2 Å². The van der Waals surface area contributed by atoms with Crippen LogP contribution in [0, 0.1) is 0 Å². The van der Waals surface area contributed by atoms with Crippen molar-refractivity contribution < 1.29 is 33.2 Å². The lowest BCUT2D eigenvalue weighted by atomic mass is 9.79. The van der Waals surface area contributed by atoms with E-state index in [0.29, 0.717) is 6.42 Å². The van der Waals surface area contributed by atoms with Crippen molar-refractivity contribution in [2.24, 2.45) is 0 Å². The van der Waals surface area contributed by atoms with Crippen LogP contribution in [0.4, 0.5) is 0 Å². The zero-order valence-corrected chi connectivity index (χ0v) is 15.2. The molecule has 0 N–H and O–H groups in total. The van der Waals surface area contributed by atoms with Crippen molar-refractivity contribution in [1.29, 1.82) is 0 Å². The molecular weight excluding hydrogens is 328 g/mol. The summed E-state index contributed by atoms with van der Waals surface area (Å²) < 4.78 is 35.3. The molecule has 0 aromatic carbocycles. The van der Waals surface area contributed by atoms with Crippen LogP contribution in [0.2, 0.25) is 0 Å². The molecule has 25 heavy (non-hydrogen) atoms. The number of carbonyl (C=O) groups is 1. The van der Waals surface area contributed by atoms with Crippen molar-refractivity contribution in [1.82, 2.24) is 0 Å². The maximum atomic E-state index is 13.3. The summed E-state index contributed by atoms with van der Waals surface area (Å²) in [5, 5.41) is 0. The summed E-state index contributed by atoms with van der Waals surface area (Å²) in [6.45, 7) is 3.99. The van der Waals surface area contributed by atoms with Gasteiger partial charge in [-0.2, -0.15) is 0 Å². The second kappa shape index (κ2) is 6.25. The molecule has 2 saturated carbocycles. The van der Waals surface area contributed by atoms with E-state index in [4.69, 9.17) is 28.4 Å². The summed E-state index contributed by atoms with van der Waals surface area (Å²) >= 11 is 0. The molecular formula is C18H28O7. The minimum atomic E-state index is -1.04. The molecule has 2 aliphatic heterocycles. The van der Waals surface area contributed by atoms with E-state index in [2.05, 4.69) is 0 Å². The number of hydrogen-bond donors (Lipinski definition) is 0. The van der Waals surface area contributed by atoms with E-state index < -0.39 is 29.4 Å². The third kappa shape index (κ3) is 3.05. The Balaban J connectivity index is 1.61. The number of rotatable bonds is 3. The molecule has 2 saturated heterocycles. The molecule has 0 aromatic heterocycles. The van der Waals surface area contributed by atoms with Crippen LogP contribution < -0.4 is 0 Å². The molecule has 4 aliphatic rings. The van der Waals surface area contributed by atoms with E-state index in [1.165, 1.54) is 6.42 Å². The minimum Gasteiger partial charge on any atom is -0.359 e. The fourth-order valence-electron chi connectivity index (χ4n) is 4.59. The molecule has 0 bridgehead atoms. The van der Waals surface area contributed by atoms with Gasteiger partial charge in [0.15, 0.2) is 29.1 Å². The smallest absolute Gasteiger partial charge is 0.198 e. The summed E-state index contributed by atoms with van der Waals surface area (Å²) in [5.41, 5.74) is -1.04. The Labute approximate surface area is 148 Å². The number of fused-ring (bicyclic) bond motifs is 1. The lowest BCUT2D eigenvalue weighted by Gasteiger charge is -2.40. The molecule has 4 atom stereocenters. The van der Waals surface area contributed by atoms with Crippen LogP contribution in [0.5, 0.6) is 0 Å². The van der Waals surface area contributed by atoms with Crippen LogP contribution in [-0.4, -0.2) is 61.8 Å². The first-order valence-corrected chi connectivity index (χ1v) is 9.23. The minimum absolute atomic E-state index is 0.0807. The molecule has 7 heteroatoms. The van der Waals surface area contributed by atoms with Gasteiger partial charge in [0, 0.05) is 26.4 Å². The van der Waals surface area contributed by atoms with Gasteiger partial charge in [0.2, 0.25) is 0 Å². The molecule has 2 spiro atoms. The van der Waals surface area contributed by atoms with Crippen molar-refractivity contribution in [3.63, 3.8) is 0 Å². The summed E-state index contributed by atoms with van der Waals surface area (Å²) in [6, 6.07) is 0. The van der Waals surface area contributed by atoms with Crippen molar-refractivity contribution in [3.05, 3.63) is 0 Å². The topological polar surface area (TPSA) is 72.5 Å². The number of ketones is 1. The maximum Gasteiger partial charge on any atom is 0.198 e. The second-order valence-electron chi connectivity index (χ2n) is 8.06. The maximum absolute atomic E-state index is 13.3. The van der Waals surface area contributed by atoms with Gasteiger partial charge in [-0.25, -0.2) is 0 Å². The van der Waals surface area contributed by atoms with E-state index >= 15 is 0 Å². The molecule has 0 unspecified atom stereocenters. The van der Waals surface area contributed by atoms with Gasteiger partial charge in [-0.3, -0.25) is 4.79 Å². The standard InChI is InChI=1S/C18H28O7/c1-16(2)22-10-17(25-16)9-12(21-11-20-3)13-14(15(17)19)24-18(23-13)7-5-4-6-8-18/h12-14H,4-11H2,1-3H3/t12-,13+,14+,17-/m1/s1. The highest BCUT2D eigenvalue weighted by Crippen LogP contribution is 2.49. The molecule has 2 heterocycles. The quantitative estimate of drug-likeness (QED) is 0.715. The lowest BCUT2D eigenvalue weighted by Crippen LogP contribution is -2.61. The van der Waals surface area contributed by atoms with Crippen LogP contribution in [0.15, 0.2) is 0 Å². The third-order valence-corrected chi connectivity index (χ3v) is 5.71. The van der Waals surface area contributed by atoms with E-state index in [0.717, 1.165) is 25.7 Å². The Morgan fingerprint density at radius 1 is 1.16 bits per heavy atom. The van der Waals surface area contributed by atoms with Gasteiger partial charge < -0.3 is 28.4 Å². The summed E-state index contributed by atoms with van der Waals surface area (Å²) in [6.07, 6.45) is 3.88. The van der Waals surface area contributed by atoms with Crippen molar-refractivity contribution in [2.45, 2.75) is 87.9 Å². The Morgan fingerprint density at radius 2 is 1.92 bits per heavy atom. The van der Waals surface area contributed by atoms with Crippen LogP contribution in [0.3, 0.4) is 0 Å². The molecule has 0 amide bonds. The predicted octanol–water partition coefficient (Wildman–Crippen LogP) is 1.91. The molecule has 142 valence electrons. The fourth-order valence-corrected chi connectivity index (χ4v) is 4.59. The van der Waals surface area contributed by atoms with Crippen molar-refractivity contribution in [3.8, 4) is 0 Å². The molecule has 2 aliphatic carbocycles. The lowest BCUT2D eigenvalue weighted by molar-refractivity contribution is -0.210. The number of carbonyl (C=O) groups excluding carboxylic acids is 1. The predicted molar refractivity (Wildman–Crippen MR) is 85.8 cm³/mol. The Morgan fingerprint density at radius 3 is 2.56 bits per heavy atom. The van der Waals surface area contributed by atoms with Gasteiger partial charge in [0.25, 0.3) is 0 Å². The fraction of sp³-hybridized carbons (Fsp3) is 0.944. The number of Topliss-reactive ketones (excluding diaryl/α,β-unsaturated/α-hetero) is 1. The van der Waals surface area contributed by atoms with Crippen molar-refractivity contribution >= 4 is 5.78 Å². The number of hydrogen-bond acceptors (Lipinski definition) is 7. The van der Waals surface area contributed by atoms with E-state index in [1.54, 1.807) is 7.11 Å². The second-order valence-corrected chi connectivity index (χ2v) is 8.06. The first-order valence-electron chi connectivity index (χ1n) is 9.23. The summed E-state index contributed by atoms with van der Waals surface area (Å²) in [4.78, 5) is 13.3. The number of methoxy groups -OCH3 is 1. The Hall–Kier alpha value is -0.570. The normalized spacial score (nSPS) is 42.2. The van der Waals surface area contributed by atoms with Gasteiger partial charge in [0.05, 0.1) is 12.7 Å². The average Bonchev–Trinajstić information content (AvgIpc) is 3.09. The first kappa shape index (κ1) is 17.8. The van der Waals surface area contributed by atoms with E-state index in [9.17, 15) is 4.79 Å². The first-order chi connectivity index (χ1) is 11.9. The highest BCUT2D eigenvalue weighted by Gasteiger charge is 2.65. The summed E-state index contributed by atoms with van der Waals surface area (Å²) in [7, 11) is 1.58. The van der Waals surface area contributed by atoms with Crippen LogP contribution in [0.1, 0.15) is 52.4 Å². The monoisotopic (exact) mass is 356 g/mol. The molecule has 4 rings (SSSR count). The van der Waals surface area contributed by atoms with Gasteiger partial charge >= 0.3 is 0 Å². The van der Waals surface area contributed by atoms with Gasteiger partial charge in [-0.05, 0) is 26.7 Å². The third-order valence-electron chi connectivity index (χ3n) is 5.71. The zero-order chi connectivity index (χ0) is 17.7. The SMILES string of the molecule is COCO[C@@H]1C[C@@]2(COC(C)(C)O2)C(=O)[C@H]2OC3(CCCCC3)O[C@H]21. The Bertz CT molecular complexity index is 528. The highest BCUT2D eigenvalue weighted by molar-refractivity contribution is 5.93. The van der Waals surface area contributed by atoms with Crippen LogP contribution in [0.25, 0.3) is 0 Å². The van der Waals surface area contributed by atoms with E-state index in [1.807, 2.05) is 13.8 Å². The largest absolute Gasteiger partial charge is 0.359 e. The Kier molecular flexibility index (Phi) is 4.46. The zero-order valence-electron chi connectivity index (χ0n) is 15.2. The van der Waals surface area contributed by atoms with Crippen molar-refractivity contribution in [2.75, 3.05) is 20.5 Å². The van der Waals surface area contributed by atoms with E-state index in [-0.39, 0.29) is 25.3 Å². The van der Waals surface area contributed by atoms with Gasteiger partial charge in [0.1, 0.15) is 12.9 Å². The average molecular weight is 356 g/mol. The highest BCUT2D eigenvalue weighted by atomic mass is 16.8. The molecule has 0 aromatic rings. The number of ether oxygens (including phenoxy) is 6. The van der Waals surface area contributed by atoms with Gasteiger partial charge in [-0.15, -0.1) is 0 Å². The van der Waals surface area contributed by atoms with Crippen LogP contribution >= 0.6 is 0 Å². The van der Waals surface area contributed by atoms with Gasteiger partial charge in [-0.1, -0.05) is 6.42 Å².